The van der Waals surface area contributed by atoms with Gasteiger partial charge < -0.3 is 5.32 Å². The first-order chi connectivity index (χ1) is 7.29. The van der Waals surface area contributed by atoms with E-state index in [4.69, 9.17) is 0 Å². The third-order valence-electron chi connectivity index (χ3n) is 3.12. The highest BCUT2D eigenvalue weighted by Gasteiger charge is 2.25. The second kappa shape index (κ2) is 5.09. The molecule has 4 heteroatoms. The summed E-state index contributed by atoms with van der Waals surface area (Å²) in [7, 11) is 0. The molecule has 0 spiro atoms. The number of rotatable bonds is 3. The fraction of sp³-hybridized carbons (Fsp3) is 0.636. The van der Waals surface area contributed by atoms with E-state index in [1.807, 2.05) is 12.4 Å². The quantitative estimate of drug-likeness (QED) is 0.871. The van der Waals surface area contributed by atoms with E-state index in [-0.39, 0.29) is 0 Å². The number of anilines is 1. The highest BCUT2D eigenvalue weighted by molar-refractivity contribution is 14.1. The fourth-order valence-electron chi connectivity index (χ4n) is 2.27. The van der Waals surface area contributed by atoms with Crippen molar-refractivity contribution in [3.8, 4) is 0 Å². The maximum atomic E-state index is 4.28. The Morgan fingerprint density at radius 2 is 2.13 bits per heavy atom. The Bertz CT molecular complexity index is 312. The van der Waals surface area contributed by atoms with Gasteiger partial charge in [0.15, 0.2) is 0 Å². The molecule has 0 bridgehead atoms. The molecule has 0 amide bonds. The first-order valence-corrected chi connectivity index (χ1v) is 6.61. The molecule has 0 saturated heterocycles. The van der Waals surface area contributed by atoms with Crippen molar-refractivity contribution in [3.05, 3.63) is 16.0 Å². The summed E-state index contributed by atoms with van der Waals surface area (Å²) in [6.45, 7) is 2.26. The van der Waals surface area contributed by atoms with Gasteiger partial charge in [0.2, 0.25) is 5.95 Å². The van der Waals surface area contributed by atoms with Gasteiger partial charge in [-0.05, 0) is 41.4 Å². The summed E-state index contributed by atoms with van der Waals surface area (Å²) in [5, 5.41) is 3.44. The number of hydrogen-bond donors (Lipinski definition) is 1. The monoisotopic (exact) mass is 317 g/mol. The molecular formula is C11H16IN3. The van der Waals surface area contributed by atoms with Crippen LogP contribution < -0.4 is 5.32 Å². The van der Waals surface area contributed by atoms with E-state index in [0.29, 0.717) is 6.04 Å². The van der Waals surface area contributed by atoms with E-state index in [1.165, 1.54) is 25.7 Å². The molecule has 2 unspecified atom stereocenters. The van der Waals surface area contributed by atoms with Crippen molar-refractivity contribution in [2.24, 2.45) is 5.92 Å². The molecule has 1 saturated carbocycles. The van der Waals surface area contributed by atoms with E-state index in [0.717, 1.165) is 15.4 Å². The number of aromatic nitrogens is 2. The average Bonchev–Trinajstić information content (AvgIpc) is 2.69. The van der Waals surface area contributed by atoms with Gasteiger partial charge in [-0.25, -0.2) is 9.97 Å². The maximum Gasteiger partial charge on any atom is 0.222 e. The van der Waals surface area contributed by atoms with Crippen LogP contribution in [0.15, 0.2) is 12.4 Å². The molecule has 1 heterocycles. The fourth-order valence-corrected chi connectivity index (χ4v) is 2.55. The standard InChI is InChI=1S/C11H16IN3/c1-2-8-4-3-5-10(8)15-11-13-6-9(12)7-14-11/h6-8,10H,2-5H2,1H3,(H,13,14,15). The highest BCUT2D eigenvalue weighted by Crippen LogP contribution is 2.29. The zero-order chi connectivity index (χ0) is 10.7. The van der Waals surface area contributed by atoms with Crippen molar-refractivity contribution in [1.82, 2.24) is 9.97 Å². The number of nitrogens with zero attached hydrogens (tertiary/aromatic N) is 2. The molecule has 3 nitrogen and oxygen atoms in total. The van der Waals surface area contributed by atoms with Crippen LogP contribution >= 0.6 is 22.6 Å². The summed E-state index contributed by atoms with van der Waals surface area (Å²) >= 11 is 2.22. The van der Waals surface area contributed by atoms with Gasteiger partial charge in [0, 0.05) is 22.0 Å². The van der Waals surface area contributed by atoms with Gasteiger partial charge in [0.25, 0.3) is 0 Å². The van der Waals surface area contributed by atoms with Crippen LogP contribution in [0.4, 0.5) is 5.95 Å². The lowest BCUT2D eigenvalue weighted by molar-refractivity contribution is 0.487. The van der Waals surface area contributed by atoms with E-state index in [9.17, 15) is 0 Å². The van der Waals surface area contributed by atoms with Gasteiger partial charge in [-0.2, -0.15) is 0 Å². The third-order valence-corrected chi connectivity index (χ3v) is 3.68. The molecule has 1 aliphatic rings. The molecular weight excluding hydrogens is 301 g/mol. The van der Waals surface area contributed by atoms with Crippen molar-refractivity contribution in [3.63, 3.8) is 0 Å². The minimum atomic E-state index is 0.579. The molecule has 0 radical (unpaired) electrons. The Kier molecular flexibility index (Phi) is 3.77. The van der Waals surface area contributed by atoms with Crippen LogP contribution in [0.1, 0.15) is 32.6 Å². The van der Waals surface area contributed by atoms with Gasteiger partial charge in [-0.1, -0.05) is 19.8 Å². The molecule has 2 atom stereocenters. The number of nitrogens with one attached hydrogen (secondary N) is 1. The lowest BCUT2D eigenvalue weighted by atomic mass is 10.0. The molecule has 0 aliphatic heterocycles. The smallest absolute Gasteiger partial charge is 0.222 e. The van der Waals surface area contributed by atoms with E-state index in [2.05, 4.69) is 44.8 Å². The Hall–Kier alpha value is -0.390. The van der Waals surface area contributed by atoms with Crippen molar-refractivity contribution in [2.45, 2.75) is 38.6 Å². The molecule has 15 heavy (non-hydrogen) atoms. The Morgan fingerprint density at radius 3 is 2.80 bits per heavy atom. The zero-order valence-electron chi connectivity index (χ0n) is 8.91. The topological polar surface area (TPSA) is 37.8 Å². The highest BCUT2D eigenvalue weighted by atomic mass is 127. The Labute approximate surface area is 104 Å². The third kappa shape index (κ3) is 2.80. The average molecular weight is 317 g/mol. The van der Waals surface area contributed by atoms with Gasteiger partial charge in [-0.15, -0.1) is 0 Å². The van der Waals surface area contributed by atoms with E-state index < -0.39 is 0 Å². The minimum Gasteiger partial charge on any atom is -0.351 e. The van der Waals surface area contributed by atoms with Gasteiger partial charge in [-0.3, -0.25) is 0 Å². The van der Waals surface area contributed by atoms with Gasteiger partial charge >= 0.3 is 0 Å². The van der Waals surface area contributed by atoms with Crippen LogP contribution in [0.5, 0.6) is 0 Å². The Morgan fingerprint density at radius 1 is 1.40 bits per heavy atom. The van der Waals surface area contributed by atoms with Crippen LogP contribution in [0, 0.1) is 9.49 Å². The van der Waals surface area contributed by atoms with E-state index >= 15 is 0 Å². The van der Waals surface area contributed by atoms with Crippen LogP contribution in [-0.2, 0) is 0 Å². The second-order valence-corrected chi connectivity index (χ2v) is 5.32. The normalized spacial score (nSPS) is 25.5. The Balaban J connectivity index is 1.99. The number of hydrogen-bond acceptors (Lipinski definition) is 3. The summed E-state index contributed by atoms with van der Waals surface area (Å²) < 4.78 is 1.08. The van der Waals surface area contributed by atoms with Crippen molar-refractivity contribution in [1.29, 1.82) is 0 Å². The summed E-state index contributed by atoms with van der Waals surface area (Å²) in [6.07, 6.45) is 8.90. The van der Waals surface area contributed by atoms with Crippen LogP contribution in [0.2, 0.25) is 0 Å². The first-order valence-electron chi connectivity index (χ1n) is 5.53. The summed E-state index contributed by atoms with van der Waals surface area (Å²) in [4.78, 5) is 8.56. The molecule has 1 N–H and O–H groups in total. The van der Waals surface area contributed by atoms with E-state index in [1.54, 1.807) is 0 Å². The molecule has 1 fully saturated rings. The molecule has 1 aliphatic carbocycles. The van der Waals surface area contributed by atoms with Gasteiger partial charge in [0.05, 0.1) is 0 Å². The molecule has 0 aromatic carbocycles. The molecule has 2 rings (SSSR count). The second-order valence-electron chi connectivity index (χ2n) is 4.07. The predicted octanol–water partition coefficient (Wildman–Crippen LogP) is 3.07. The summed E-state index contributed by atoms with van der Waals surface area (Å²) in [5.41, 5.74) is 0. The molecule has 1 aromatic rings. The summed E-state index contributed by atoms with van der Waals surface area (Å²) in [6, 6.07) is 0.579. The van der Waals surface area contributed by atoms with Crippen molar-refractivity contribution < 1.29 is 0 Å². The minimum absolute atomic E-state index is 0.579. The maximum absolute atomic E-state index is 4.28. The SMILES string of the molecule is CCC1CCCC1Nc1ncc(I)cn1. The van der Waals surface area contributed by atoms with Gasteiger partial charge in [0.1, 0.15) is 0 Å². The zero-order valence-corrected chi connectivity index (χ0v) is 11.1. The molecule has 1 aromatic heterocycles. The first kappa shape index (κ1) is 11.1. The van der Waals surface area contributed by atoms with Crippen LogP contribution in [0.25, 0.3) is 0 Å². The predicted molar refractivity (Wildman–Crippen MR) is 69.8 cm³/mol. The van der Waals surface area contributed by atoms with Crippen LogP contribution in [0.3, 0.4) is 0 Å². The number of halogens is 1. The molecule has 82 valence electrons. The van der Waals surface area contributed by atoms with Crippen LogP contribution in [-0.4, -0.2) is 16.0 Å². The summed E-state index contributed by atoms with van der Waals surface area (Å²) in [5.74, 6) is 1.58. The lowest BCUT2D eigenvalue weighted by Crippen LogP contribution is -2.24. The largest absolute Gasteiger partial charge is 0.351 e. The van der Waals surface area contributed by atoms with Crippen molar-refractivity contribution >= 4 is 28.5 Å². The van der Waals surface area contributed by atoms with Crippen molar-refractivity contribution in [2.75, 3.05) is 5.32 Å². The lowest BCUT2D eigenvalue weighted by Gasteiger charge is -2.19.